The van der Waals surface area contributed by atoms with Crippen LogP contribution in [0.5, 0.6) is 0 Å². The second-order valence-electron chi connectivity index (χ2n) is 3.25. The van der Waals surface area contributed by atoms with E-state index in [2.05, 4.69) is 10.0 Å². The van der Waals surface area contributed by atoms with Crippen LogP contribution in [0.15, 0.2) is 35.2 Å². The highest BCUT2D eigenvalue weighted by Crippen LogP contribution is 2.05. The average Bonchev–Trinajstić information content (AvgIpc) is 2.30. The Morgan fingerprint density at radius 3 is 2.38 bits per heavy atom. The van der Waals surface area contributed by atoms with Crippen LogP contribution in [0.25, 0.3) is 0 Å². The summed E-state index contributed by atoms with van der Waals surface area (Å²) in [6, 6.07) is 8.30. The minimum atomic E-state index is -3.37. The van der Waals surface area contributed by atoms with E-state index in [1.807, 2.05) is 0 Å². The van der Waals surface area contributed by atoms with Gasteiger partial charge in [0.25, 0.3) is 0 Å². The number of sulfonamides is 1. The Morgan fingerprint density at radius 2 is 1.75 bits per heavy atom. The molecule has 0 radical (unpaired) electrons. The molecule has 0 saturated carbocycles. The van der Waals surface area contributed by atoms with E-state index in [-0.39, 0.29) is 4.90 Å². The third kappa shape index (κ3) is 4.28. The van der Waals surface area contributed by atoms with Gasteiger partial charge < -0.3 is 11.1 Å². The van der Waals surface area contributed by atoms with Crippen LogP contribution in [-0.2, 0) is 10.0 Å². The summed E-state index contributed by atoms with van der Waals surface area (Å²) in [7, 11) is -3.37. The third-order valence-electron chi connectivity index (χ3n) is 1.97. The zero-order chi connectivity index (χ0) is 11.9. The van der Waals surface area contributed by atoms with Crippen molar-refractivity contribution < 1.29 is 8.42 Å². The maximum Gasteiger partial charge on any atom is 0.240 e. The summed E-state index contributed by atoms with van der Waals surface area (Å²) >= 11 is 0. The van der Waals surface area contributed by atoms with Gasteiger partial charge in [-0.1, -0.05) is 18.2 Å². The maximum atomic E-state index is 11.7. The maximum absolute atomic E-state index is 11.7. The largest absolute Gasteiger partial charge is 0.329 e. The van der Waals surface area contributed by atoms with Crippen molar-refractivity contribution in [3.05, 3.63) is 30.3 Å². The standard InChI is InChI=1S/C10H17N3O2S/c11-6-7-12-8-9-13-16(14,15)10-4-2-1-3-5-10/h1-5,12-13H,6-9,11H2. The fourth-order valence-electron chi connectivity index (χ4n) is 1.18. The lowest BCUT2D eigenvalue weighted by Crippen LogP contribution is -2.33. The van der Waals surface area contributed by atoms with Gasteiger partial charge in [0.2, 0.25) is 10.0 Å². The molecular weight excluding hydrogens is 226 g/mol. The molecule has 0 atom stereocenters. The molecule has 0 fully saturated rings. The molecule has 0 spiro atoms. The van der Waals surface area contributed by atoms with E-state index in [1.165, 1.54) is 0 Å². The molecular formula is C10H17N3O2S. The predicted molar refractivity (Wildman–Crippen MR) is 63.6 cm³/mol. The molecule has 0 amide bonds. The van der Waals surface area contributed by atoms with Crippen LogP contribution in [0.4, 0.5) is 0 Å². The SMILES string of the molecule is NCCNCCNS(=O)(=O)c1ccccc1. The first-order chi connectivity index (χ1) is 7.67. The monoisotopic (exact) mass is 243 g/mol. The summed E-state index contributed by atoms with van der Waals surface area (Å²) in [5, 5.41) is 3.01. The number of rotatable bonds is 7. The lowest BCUT2D eigenvalue weighted by Gasteiger charge is -2.06. The number of benzene rings is 1. The van der Waals surface area contributed by atoms with E-state index in [4.69, 9.17) is 5.73 Å². The van der Waals surface area contributed by atoms with Crippen LogP contribution in [0.2, 0.25) is 0 Å². The molecule has 1 aromatic carbocycles. The van der Waals surface area contributed by atoms with Gasteiger partial charge >= 0.3 is 0 Å². The summed E-state index contributed by atoms with van der Waals surface area (Å²) in [4.78, 5) is 0.286. The van der Waals surface area contributed by atoms with Gasteiger partial charge in [-0.15, -0.1) is 0 Å². The van der Waals surface area contributed by atoms with Gasteiger partial charge in [-0.05, 0) is 12.1 Å². The van der Waals surface area contributed by atoms with Gasteiger partial charge in [0.15, 0.2) is 0 Å². The molecule has 6 heteroatoms. The van der Waals surface area contributed by atoms with Gasteiger partial charge in [-0.2, -0.15) is 0 Å². The van der Waals surface area contributed by atoms with Crippen molar-refractivity contribution in [1.29, 1.82) is 0 Å². The molecule has 0 aliphatic rings. The van der Waals surface area contributed by atoms with Crippen LogP contribution in [0.3, 0.4) is 0 Å². The van der Waals surface area contributed by atoms with Crippen molar-refractivity contribution in [2.45, 2.75) is 4.90 Å². The van der Waals surface area contributed by atoms with E-state index in [0.29, 0.717) is 26.2 Å². The van der Waals surface area contributed by atoms with Gasteiger partial charge in [0.05, 0.1) is 4.90 Å². The van der Waals surface area contributed by atoms with E-state index in [9.17, 15) is 8.42 Å². The molecule has 16 heavy (non-hydrogen) atoms. The molecule has 0 aromatic heterocycles. The molecule has 0 aliphatic carbocycles. The molecule has 0 aliphatic heterocycles. The first-order valence-corrected chi connectivity index (χ1v) is 6.60. The Balaban J connectivity index is 2.41. The highest BCUT2D eigenvalue weighted by Gasteiger charge is 2.11. The number of hydrogen-bond acceptors (Lipinski definition) is 4. The van der Waals surface area contributed by atoms with Crippen LogP contribution >= 0.6 is 0 Å². The molecule has 90 valence electrons. The summed E-state index contributed by atoms with van der Waals surface area (Å²) in [6.07, 6.45) is 0. The Bertz CT molecular complexity index is 392. The molecule has 0 heterocycles. The fraction of sp³-hybridized carbons (Fsp3) is 0.400. The number of hydrogen-bond donors (Lipinski definition) is 3. The minimum absolute atomic E-state index is 0.286. The minimum Gasteiger partial charge on any atom is -0.329 e. The second kappa shape index (κ2) is 6.59. The van der Waals surface area contributed by atoms with E-state index in [0.717, 1.165) is 0 Å². The van der Waals surface area contributed by atoms with E-state index < -0.39 is 10.0 Å². The van der Waals surface area contributed by atoms with Crippen LogP contribution in [0.1, 0.15) is 0 Å². The lowest BCUT2D eigenvalue weighted by atomic mass is 10.4. The summed E-state index contributed by atoms with van der Waals surface area (Å²) < 4.78 is 25.9. The second-order valence-corrected chi connectivity index (χ2v) is 5.02. The van der Waals surface area contributed by atoms with E-state index >= 15 is 0 Å². The first-order valence-electron chi connectivity index (χ1n) is 5.12. The zero-order valence-corrected chi connectivity index (χ0v) is 9.83. The molecule has 0 unspecified atom stereocenters. The zero-order valence-electron chi connectivity index (χ0n) is 9.02. The number of nitrogens with one attached hydrogen (secondary N) is 2. The van der Waals surface area contributed by atoms with Gasteiger partial charge in [0, 0.05) is 26.2 Å². The van der Waals surface area contributed by atoms with Crippen molar-refractivity contribution in [2.24, 2.45) is 5.73 Å². The predicted octanol–water partition coefficient (Wildman–Crippen LogP) is -0.487. The summed E-state index contributed by atoms with van der Waals surface area (Å²) in [5.74, 6) is 0. The third-order valence-corrected chi connectivity index (χ3v) is 3.45. The van der Waals surface area contributed by atoms with Crippen LogP contribution in [0, 0.1) is 0 Å². The van der Waals surface area contributed by atoms with Crippen molar-refractivity contribution in [3.8, 4) is 0 Å². The van der Waals surface area contributed by atoms with Gasteiger partial charge in [-0.3, -0.25) is 0 Å². The number of nitrogens with two attached hydrogens (primary N) is 1. The van der Waals surface area contributed by atoms with E-state index in [1.54, 1.807) is 30.3 Å². The fourth-order valence-corrected chi connectivity index (χ4v) is 2.24. The van der Waals surface area contributed by atoms with Gasteiger partial charge in [0.1, 0.15) is 0 Å². The van der Waals surface area contributed by atoms with Crippen molar-refractivity contribution >= 4 is 10.0 Å². The Labute approximate surface area is 96.1 Å². The van der Waals surface area contributed by atoms with Gasteiger partial charge in [-0.25, -0.2) is 13.1 Å². The smallest absolute Gasteiger partial charge is 0.240 e. The topological polar surface area (TPSA) is 84.2 Å². The summed E-state index contributed by atoms with van der Waals surface area (Å²) in [6.45, 7) is 2.17. The molecule has 0 bridgehead atoms. The Hall–Kier alpha value is -0.950. The summed E-state index contributed by atoms with van der Waals surface area (Å²) in [5.41, 5.74) is 5.29. The van der Waals surface area contributed by atoms with Crippen molar-refractivity contribution in [1.82, 2.24) is 10.0 Å². The molecule has 0 saturated heterocycles. The molecule has 5 nitrogen and oxygen atoms in total. The van der Waals surface area contributed by atoms with Crippen molar-refractivity contribution in [3.63, 3.8) is 0 Å². The Morgan fingerprint density at radius 1 is 1.06 bits per heavy atom. The molecule has 1 rings (SSSR count). The van der Waals surface area contributed by atoms with Crippen molar-refractivity contribution in [2.75, 3.05) is 26.2 Å². The normalized spacial score (nSPS) is 11.6. The first kappa shape index (κ1) is 13.1. The van der Waals surface area contributed by atoms with Crippen LogP contribution < -0.4 is 15.8 Å². The molecule has 1 aromatic rings. The molecule has 4 N–H and O–H groups in total. The Kier molecular flexibility index (Phi) is 5.41. The lowest BCUT2D eigenvalue weighted by molar-refractivity contribution is 0.576. The van der Waals surface area contributed by atoms with Crippen LogP contribution in [-0.4, -0.2) is 34.6 Å². The average molecular weight is 243 g/mol. The highest BCUT2D eigenvalue weighted by atomic mass is 32.2. The quantitative estimate of drug-likeness (QED) is 0.564. The highest BCUT2D eigenvalue weighted by molar-refractivity contribution is 7.89.